The maximum Gasteiger partial charge on any atom is 0.373 e. The van der Waals surface area contributed by atoms with Crippen LogP contribution in [0, 0.1) is 0 Å². The van der Waals surface area contributed by atoms with Gasteiger partial charge in [0, 0.05) is 5.56 Å². The average molecular weight is 344 g/mol. The van der Waals surface area contributed by atoms with Gasteiger partial charge < -0.3 is 18.6 Å². The number of tetrazole rings is 1. The van der Waals surface area contributed by atoms with E-state index in [1.807, 2.05) is 6.07 Å². The first-order valence-corrected chi connectivity index (χ1v) is 7.32. The van der Waals surface area contributed by atoms with Crippen molar-refractivity contribution < 1.29 is 23.4 Å². The number of esters is 1. The van der Waals surface area contributed by atoms with E-state index in [2.05, 4.69) is 20.1 Å². The molecule has 3 aromatic rings. The zero-order chi connectivity index (χ0) is 17.8. The van der Waals surface area contributed by atoms with Crippen molar-refractivity contribution >= 4 is 5.97 Å². The van der Waals surface area contributed by atoms with Gasteiger partial charge in [-0.1, -0.05) is 0 Å². The van der Waals surface area contributed by atoms with Crippen LogP contribution in [0.15, 0.2) is 34.7 Å². The summed E-state index contributed by atoms with van der Waals surface area (Å²) in [6, 6.07) is 8.54. The third-order valence-corrected chi connectivity index (χ3v) is 3.44. The van der Waals surface area contributed by atoms with Crippen molar-refractivity contribution in [3.63, 3.8) is 0 Å². The monoisotopic (exact) mass is 344 g/mol. The van der Waals surface area contributed by atoms with E-state index in [1.54, 1.807) is 32.4 Å². The van der Waals surface area contributed by atoms with Crippen LogP contribution in [0.1, 0.15) is 16.3 Å². The Morgan fingerprint density at radius 3 is 2.64 bits per heavy atom. The molecule has 0 spiro atoms. The quantitative estimate of drug-likeness (QED) is 0.624. The topological polar surface area (TPSA) is 102 Å². The molecular weight excluding hydrogens is 328 g/mol. The third kappa shape index (κ3) is 3.44. The Labute approximate surface area is 143 Å². The van der Waals surface area contributed by atoms with E-state index in [9.17, 15) is 4.79 Å². The minimum Gasteiger partial charge on any atom is -0.493 e. The Hall–Kier alpha value is -3.36. The normalized spacial score (nSPS) is 10.5. The fraction of sp³-hybridized carbons (Fsp3) is 0.250. The van der Waals surface area contributed by atoms with Crippen LogP contribution in [0.4, 0.5) is 0 Å². The van der Waals surface area contributed by atoms with Crippen molar-refractivity contribution in [1.82, 2.24) is 20.2 Å². The predicted molar refractivity (Wildman–Crippen MR) is 85.5 cm³/mol. The first kappa shape index (κ1) is 16.5. The van der Waals surface area contributed by atoms with Crippen LogP contribution in [0.25, 0.3) is 11.4 Å². The Morgan fingerprint density at radius 1 is 1.12 bits per heavy atom. The van der Waals surface area contributed by atoms with Gasteiger partial charge >= 0.3 is 5.97 Å². The summed E-state index contributed by atoms with van der Waals surface area (Å²) in [5.74, 6) is 1.72. The zero-order valence-electron chi connectivity index (χ0n) is 13.9. The third-order valence-electron chi connectivity index (χ3n) is 3.44. The summed E-state index contributed by atoms with van der Waals surface area (Å²) >= 11 is 0. The van der Waals surface area contributed by atoms with Gasteiger partial charge in [-0.3, -0.25) is 0 Å². The number of rotatable bonds is 6. The van der Waals surface area contributed by atoms with E-state index in [-0.39, 0.29) is 12.3 Å². The fourth-order valence-corrected chi connectivity index (χ4v) is 2.21. The summed E-state index contributed by atoms with van der Waals surface area (Å²) in [5, 5.41) is 12.3. The Kier molecular flexibility index (Phi) is 4.64. The van der Waals surface area contributed by atoms with Gasteiger partial charge in [-0.25, -0.2) is 4.79 Å². The second kappa shape index (κ2) is 7.04. The molecule has 0 saturated carbocycles. The van der Waals surface area contributed by atoms with E-state index < -0.39 is 5.97 Å². The molecule has 2 heterocycles. The lowest BCUT2D eigenvalue weighted by molar-refractivity contribution is 0.0562. The Bertz CT molecular complexity index is 886. The molecule has 0 aliphatic carbocycles. The summed E-state index contributed by atoms with van der Waals surface area (Å²) in [4.78, 5) is 12.8. The highest BCUT2D eigenvalue weighted by atomic mass is 16.5. The van der Waals surface area contributed by atoms with E-state index in [0.29, 0.717) is 23.1 Å². The highest BCUT2D eigenvalue weighted by molar-refractivity contribution is 5.86. The minimum absolute atomic E-state index is 0.123. The number of ether oxygens (including phenoxy) is 3. The van der Waals surface area contributed by atoms with Gasteiger partial charge in [0.05, 0.1) is 21.3 Å². The first-order chi connectivity index (χ1) is 12.1. The molecule has 9 heteroatoms. The standard InChI is InChI=1S/C16H16N4O5/c1-22-12-6-4-10(8-14(12)23-2)15-17-19-20(18-15)9-11-5-7-13(25-11)16(21)24-3/h4-8H,9H2,1-3H3. The maximum atomic E-state index is 11.4. The zero-order valence-corrected chi connectivity index (χ0v) is 13.9. The number of carbonyl (C=O) groups is 1. The van der Waals surface area contributed by atoms with Crippen LogP contribution < -0.4 is 9.47 Å². The number of hydrogen-bond donors (Lipinski definition) is 0. The molecule has 2 aromatic heterocycles. The number of benzene rings is 1. The lowest BCUT2D eigenvalue weighted by atomic mass is 10.2. The van der Waals surface area contributed by atoms with Crippen molar-refractivity contribution in [2.24, 2.45) is 0 Å². The molecule has 0 amide bonds. The molecule has 0 aliphatic heterocycles. The molecule has 9 nitrogen and oxygen atoms in total. The fourth-order valence-electron chi connectivity index (χ4n) is 2.21. The first-order valence-electron chi connectivity index (χ1n) is 7.32. The van der Waals surface area contributed by atoms with Gasteiger partial charge in [0.2, 0.25) is 11.6 Å². The van der Waals surface area contributed by atoms with Gasteiger partial charge in [-0.05, 0) is 35.5 Å². The van der Waals surface area contributed by atoms with Crippen LogP contribution in [0.2, 0.25) is 0 Å². The Morgan fingerprint density at radius 2 is 1.92 bits per heavy atom. The van der Waals surface area contributed by atoms with Crippen molar-refractivity contribution in [3.8, 4) is 22.9 Å². The van der Waals surface area contributed by atoms with Crippen LogP contribution in [-0.4, -0.2) is 47.5 Å². The molecule has 0 saturated heterocycles. The molecule has 0 unspecified atom stereocenters. The Balaban J connectivity index is 1.78. The molecule has 3 rings (SSSR count). The number of furan rings is 1. The number of aromatic nitrogens is 4. The molecule has 1 aromatic carbocycles. The van der Waals surface area contributed by atoms with Crippen molar-refractivity contribution in [3.05, 3.63) is 41.9 Å². The predicted octanol–water partition coefficient (Wildman–Crippen LogP) is 1.79. The van der Waals surface area contributed by atoms with Crippen LogP contribution in [0.5, 0.6) is 11.5 Å². The summed E-state index contributed by atoms with van der Waals surface area (Å²) in [6.45, 7) is 0.233. The van der Waals surface area contributed by atoms with Gasteiger partial charge in [0.25, 0.3) is 0 Å². The minimum atomic E-state index is -0.538. The maximum absolute atomic E-state index is 11.4. The van der Waals surface area contributed by atoms with Crippen molar-refractivity contribution in [1.29, 1.82) is 0 Å². The SMILES string of the molecule is COC(=O)c1ccc(Cn2nnc(-c3ccc(OC)c(OC)c3)n2)o1. The van der Waals surface area contributed by atoms with E-state index in [4.69, 9.17) is 13.9 Å². The smallest absolute Gasteiger partial charge is 0.373 e. The summed E-state index contributed by atoms with van der Waals surface area (Å²) in [5.41, 5.74) is 0.735. The number of methoxy groups -OCH3 is 3. The lowest BCUT2D eigenvalue weighted by Crippen LogP contribution is -2.03. The summed E-state index contributed by atoms with van der Waals surface area (Å²) in [7, 11) is 4.42. The number of carbonyl (C=O) groups excluding carboxylic acids is 1. The molecule has 0 N–H and O–H groups in total. The van der Waals surface area contributed by atoms with Gasteiger partial charge in [0.1, 0.15) is 12.3 Å². The average Bonchev–Trinajstić information content (AvgIpc) is 3.30. The molecule has 0 bridgehead atoms. The molecule has 0 atom stereocenters. The number of nitrogens with zero attached hydrogens (tertiary/aromatic N) is 4. The molecule has 0 fully saturated rings. The molecule has 130 valence electrons. The van der Waals surface area contributed by atoms with Gasteiger partial charge in [-0.15, -0.1) is 10.2 Å². The molecule has 0 radical (unpaired) electrons. The van der Waals surface area contributed by atoms with E-state index >= 15 is 0 Å². The van der Waals surface area contributed by atoms with E-state index in [0.717, 1.165) is 5.56 Å². The van der Waals surface area contributed by atoms with Crippen LogP contribution in [0.3, 0.4) is 0 Å². The van der Waals surface area contributed by atoms with Gasteiger partial charge in [0.15, 0.2) is 11.5 Å². The summed E-state index contributed by atoms with van der Waals surface area (Å²) in [6.07, 6.45) is 0. The van der Waals surface area contributed by atoms with Gasteiger partial charge in [-0.2, -0.15) is 4.80 Å². The number of hydrogen-bond acceptors (Lipinski definition) is 8. The highest BCUT2D eigenvalue weighted by Gasteiger charge is 2.14. The molecule has 0 aliphatic rings. The highest BCUT2D eigenvalue weighted by Crippen LogP contribution is 2.30. The summed E-state index contributed by atoms with van der Waals surface area (Å²) < 4.78 is 20.5. The van der Waals surface area contributed by atoms with Crippen LogP contribution >= 0.6 is 0 Å². The van der Waals surface area contributed by atoms with Crippen molar-refractivity contribution in [2.75, 3.05) is 21.3 Å². The van der Waals surface area contributed by atoms with Crippen molar-refractivity contribution in [2.45, 2.75) is 6.54 Å². The van der Waals surface area contributed by atoms with E-state index in [1.165, 1.54) is 18.0 Å². The molecule has 25 heavy (non-hydrogen) atoms. The largest absolute Gasteiger partial charge is 0.493 e. The molecular formula is C16H16N4O5. The van der Waals surface area contributed by atoms with Crippen LogP contribution in [-0.2, 0) is 11.3 Å². The second-order valence-electron chi connectivity index (χ2n) is 4.97. The second-order valence-corrected chi connectivity index (χ2v) is 4.97. The lowest BCUT2D eigenvalue weighted by Gasteiger charge is -2.07.